The van der Waals surface area contributed by atoms with Gasteiger partial charge in [-0.25, -0.2) is 0 Å². The number of aliphatic carboxylic acids is 1. The highest BCUT2D eigenvalue weighted by Gasteiger charge is 2.26. The van der Waals surface area contributed by atoms with Gasteiger partial charge in [-0.15, -0.1) is 0 Å². The lowest BCUT2D eigenvalue weighted by Gasteiger charge is -2.31. The smallest absolute Gasteiger partial charge is 0.303 e. The molecule has 0 saturated carbocycles. The molecule has 0 aliphatic carbocycles. The molecule has 0 fully saturated rings. The number of hydrogen-bond acceptors (Lipinski definition) is 7. The van der Waals surface area contributed by atoms with Crippen molar-refractivity contribution in [3.05, 3.63) is 88.5 Å². The van der Waals surface area contributed by atoms with Crippen molar-refractivity contribution in [1.29, 1.82) is 0 Å². The summed E-state index contributed by atoms with van der Waals surface area (Å²) < 4.78 is 0. The summed E-state index contributed by atoms with van der Waals surface area (Å²) in [6.45, 7) is 5.91. The van der Waals surface area contributed by atoms with Gasteiger partial charge in [-0.2, -0.15) is 0 Å². The van der Waals surface area contributed by atoms with Crippen molar-refractivity contribution in [3.63, 3.8) is 0 Å². The van der Waals surface area contributed by atoms with E-state index in [2.05, 4.69) is 43.4 Å². The summed E-state index contributed by atoms with van der Waals surface area (Å²) >= 11 is 0. The van der Waals surface area contributed by atoms with Crippen LogP contribution >= 0.6 is 0 Å². The van der Waals surface area contributed by atoms with Crippen LogP contribution in [0.15, 0.2) is 71.8 Å². The Balaban J connectivity index is 2.48. The van der Waals surface area contributed by atoms with Crippen molar-refractivity contribution in [3.8, 4) is 5.75 Å². The number of aliphatic hydroxyl groups is 4. The van der Waals surface area contributed by atoms with Crippen molar-refractivity contribution < 1.29 is 35.4 Å². The molecule has 0 amide bonds. The number of phenols is 1. The van der Waals surface area contributed by atoms with Crippen LogP contribution in [0.2, 0.25) is 0 Å². The van der Waals surface area contributed by atoms with Gasteiger partial charge in [0, 0.05) is 25.4 Å². The zero-order valence-electron chi connectivity index (χ0n) is 30.1. The molecule has 0 aliphatic heterocycles. The first-order valence-corrected chi connectivity index (χ1v) is 18.4. The van der Waals surface area contributed by atoms with Crippen LogP contribution in [0.4, 0.5) is 0 Å². The van der Waals surface area contributed by atoms with Gasteiger partial charge in [-0.3, -0.25) is 4.79 Å². The number of carboxylic acids is 1. The van der Waals surface area contributed by atoms with E-state index in [0.717, 1.165) is 68.1 Å². The molecule has 0 aromatic heterocycles. The van der Waals surface area contributed by atoms with Crippen molar-refractivity contribution >= 4 is 5.97 Å². The van der Waals surface area contributed by atoms with Crippen LogP contribution in [-0.4, -0.2) is 73.6 Å². The normalized spacial score (nSPS) is 15.5. The summed E-state index contributed by atoms with van der Waals surface area (Å²) in [6.07, 6.45) is 12.9. The highest BCUT2D eigenvalue weighted by molar-refractivity contribution is 5.66. The third-order valence-corrected chi connectivity index (χ3v) is 9.09. The number of carboxylic acid groups (broad SMARTS) is 1. The first-order valence-electron chi connectivity index (χ1n) is 18.4. The Morgan fingerprint density at radius 1 is 0.898 bits per heavy atom. The van der Waals surface area contributed by atoms with Crippen LogP contribution in [-0.2, 0) is 24.1 Å². The van der Waals surface area contributed by atoms with Gasteiger partial charge in [0.25, 0.3) is 0 Å². The topological polar surface area (TPSA) is 150 Å². The van der Waals surface area contributed by atoms with Crippen LogP contribution in [0, 0.1) is 0 Å². The summed E-state index contributed by atoms with van der Waals surface area (Å²) in [6, 6.07) is 15.1. The zero-order valence-corrected chi connectivity index (χ0v) is 30.1. The van der Waals surface area contributed by atoms with E-state index in [9.17, 15) is 30.3 Å². The lowest BCUT2D eigenvalue weighted by molar-refractivity contribution is -0.137. The molecule has 4 unspecified atom stereocenters. The van der Waals surface area contributed by atoms with E-state index in [-0.39, 0.29) is 37.8 Å². The zero-order chi connectivity index (χ0) is 36.1. The third kappa shape index (κ3) is 18.0. The molecule has 0 aliphatic rings. The van der Waals surface area contributed by atoms with Crippen LogP contribution in [0.1, 0.15) is 115 Å². The number of carbonyl (C=O) groups is 1. The number of aryl methyl sites for hydroxylation is 2. The number of aromatic hydroxyl groups is 1. The molecule has 0 heterocycles. The summed E-state index contributed by atoms with van der Waals surface area (Å²) in [5.74, 6) is -0.629. The SMILES string of the molecule is CCCCCC(O)C=CC(CCc1cccc(CC)c1)=C(CC(O)CO)C(CCCCCCC(=O)O)NCC(C)(O)Cc1ccc(O)cc1. The van der Waals surface area contributed by atoms with Crippen LogP contribution in [0.25, 0.3) is 0 Å². The van der Waals surface area contributed by atoms with Crippen LogP contribution < -0.4 is 5.32 Å². The fraction of sp³-hybridized carbons (Fsp3) is 0.585. The Bertz CT molecular complexity index is 1270. The molecular weight excluding hydrogens is 618 g/mol. The van der Waals surface area contributed by atoms with Crippen molar-refractivity contribution in [2.24, 2.45) is 0 Å². The van der Waals surface area contributed by atoms with E-state index in [0.29, 0.717) is 32.1 Å². The standard InChI is InChI=1S/C41H63NO7/c1-4-6-9-15-35(44)25-22-34(21-18-32-14-12-13-31(5-2)26-32)38(27-37(46)29-43)39(16-10-7-8-11-17-40(47)48)42-30-41(3,49)28-33-19-23-36(45)24-20-33/h12-14,19-20,22-26,35,37,39,42-46,49H,4-11,15-18,21,27-30H2,1-3H3,(H,47,48). The van der Waals surface area contributed by atoms with Crippen molar-refractivity contribution in [2.75, 3.05) is 13.2 Å². The van der Waals surface area contributed by atoms with E-state index in [4.69, 9.17) is 5.11 Å². The van der Waals surface area contributed by atoms with E-state index in [1.54, 1.807) is 31.2 Å². The average Bonchev–Trinajstić information content (AvgIpc) is 3.07. The van der Waals surface area contributed by atoms with Gasteiger partial charge in [-0.1, -0.05) is 101 Å². The Labute approximate surface area is 294 Å². The summed E-state index contributed by atoms with van der Waals surface area (Å²) in [5.41, 5.74) is 4.17. The van der Waals surface area contributed by atoms with Gasteiger partial charge < -0.3 is 36.0 Å². The maximum absolute atomic E-state index is 11.5. The van der Waals surface area contributed by atoms with Gasteiger partial charge in [0.1, 0.15) is 5.75 Å². The number of aliphatic hydroxyl groups excluding tert-OH is 3. The molecular formula is C41H63NO7. The van der Waals surface area contributed by atoms with Gasteiger partial charge in [0.15, 0.2) is 0 Å². The molecule has 8 heteroatoms. The second-order valence-corrected chi connectivity index (χ2v) is 13.8. The Morgan fingerprint density at radius 3 is 2.27 bits per heavy atom. The van der Waals surface area contributed by atoms with E-state index in [1.165, 1.54) is 11.1 Å². The van der Waals surface area contributed by atoms with E-state index in [1.807, 2.05) is 12.2 Å². The number of hydrogen-bond donors (Lipinski definition) is 7. The Morgan fingerprint density at radius 2 is 1.59 bits per heavy atom. The molecule has 49 heavy (non-hydrogen) atoms. The molecule has 2 aromatic rings. The fourth-order valence-electron chi connectivity index (χ4n) is 6.21. The molecule has 0 spiro atoms. The maximum atomic E-state index is 11.5. The van der Waals surface area contributed by atoms with Gasteiger partial charge >= 0.3 is 5.97 Å². The largest absolute Gasteiger partial charge is 0.508 e. The maximum Gasteiger partial charge on any atom is 0.303 e. The van der Waals surface area contributed by atoms with Crippen molar-refractivity contribution in [2.45, 2.75) is 141 Å². The molecule has 0 saturated heterocycles. The molecule has 274 valence electrons. The Hall–Kier alpha value is -3.01. The number of nitrogens with one attached hydrogen (secondary N) is 1. The van der Waals surface area contributed by atoms with E-state index >= 15 is 0 Å². The predicted molar refractivity (Wildman–Crippen MR) is 198 cm³/mol. The molecule has 2 rings (SSSR count). The minimum Gasteiger partial charge on any atom is -0.508 e. The van der Waals surface area contributed by atoms with Gasteiger partial charge in [-0.05, 0) is 91.8 Å². The fourth-order valence-corrected chi connectivity index (χ4v) is 6.21. The number of phenolic OH excluding ortho intramolecular Hbond substituents is 1. The minimum absolute atomic E-state index is 0.143. The monoisotopic (exact) mass is 681 g/mol. The minimum atomic E-state index is -1.12. The molecule has 7 N–H and O–H groups in total. The van der Waals surface area contributed by atoms with E-state index < -0.39 is 23.8 Å². The number of benzene rings is 2. The number of unbranched alkanes of at least 4 members (excludes halogenated alkanes) is 5. The molecule has 8 nitrogen and oxygen atoms in total. The van der Waals surface area contributed by atoms with Crippen LogP contribution in [0.5, 0.6) is 5.75 Å². The second-order valence-electron chi connectivity index (χ2n) is 13.8. The first-order chi connectivity index (χ1) is 23.5. The predicted octanol–water partition coefficient (Wildman–Crippen LogP) is 6.80. The highest BCUT2D eigenvalue weighted by atomic mass is 16.4. The molecule has 2 aromatic carbocycles. The lowest BCUT2D eigenvalue weighted by atomic mass is 9.87. The lowest BCUT2D eigenvalue weighted by Crippen LogP contribution is -2.45. The Kier molecular flexibility index (Phi) is 20.1. The summed E-state index contributed by atoms with van der Waals surface area (Å²) in [4.78, 5) is 11.0. The number of allylic oxidation sites excluding steroid dienone is 2. The van der Waals surface area contributed by atoms with Gasteiger partial charge in [0.05, 0.1) is 24.4 Å². The van der Waals surface area contributed by atoms with Crippen LogP contribution in [0.3, 0.4) is 0 Å². The van der Waals surface area contributed by atoms with Gasteiger partial charge in [0.2, 0.25) is 0 Å². The summed E-state index contributed by atoms with van der Waals surface area (Å²) in [5, 5.41) is 65.5. The molecule has 0 radical (unpaired) electrons. The quantitative estimate of drug-likeness (QED) is 0.0423. The molecule has 0 bridgehead atoms. The third-order valence-electron chi connectivity index (χ3n) is 9.09. The average molecular weight is 682 g/mol. The second kappa shape index (κ2) is 23.4. The highest BCUT2D eigenvalue weighted by Crippen LogP contribution is 2.27. The molecule has 4 atom stereocenters. The summed E-state index contributed by atoms with van der Waals surface area (Å²) in [7, 11) is 0. The number of rotatable bonds is 26. The first kappa shape index (κ1) is 42.2. The van der Waals surface area contributed by atoms with Crippen molar-refractivity contribution in [1.82, 2.24) is 5.32 Å².